The van der Waals surface area contributed by atoms with E-state index in [0.29, 0.717) is 0 Å². The lowest BCUT2D eigenvalue weighted by molar-refractivity contribution is 0.282. The van der Waals surface area contributed by atoms with Gasteiger partial charge in [0.2, 0.25) is 5.16 Å². The van der Waals surface area contributed by atoms with Gasteiger partial charge in [0.05, 0.1) is 6.61 Å². The molecule has 0 spiro atoms. The van der Waals surface area contributed by atoms with Crippen LogP contribution >= 0.6 is 11.8 Å². The molecule has 0 saturated carbocycles. The van der Waals surface area contributed by atoms with Crippen LogP contribution in [0.15, 0.2) is 34.3 Å². The first-order valence-corrected chi connectivity index (χ1v) is 5.21. The molecule has 1 heterocycles. The summed E-state index contributed by atoms with van der Waals surface area (Å²) in [6.45, 7) is 0.0659. The highest BCUT2D eigenvalue weighted by molar-refractivity contribution is 7.99. The molecule has 0 aliphatic carbocycles. The maximum atomic E-state index is 8.89. The van der Waals surface area contributed by atoms with E-state index in [1.165, 1.54) is 11.8 Å². The molecule has 0 amide bonds. The van der Waals surface area contributed by atoms with Gasteiger partial charge in [0.25, 0.3) is 0 Å². The number of tetrazole rings is 1. The van der Waals surface area contributed by atoms with E-state index >= 15 is 0 Å². The molecule has 6 heteroatoms. The van der Waals surface area contributed by atoms with Crippen LogP contribution in [0.5, 0.6) is 0 Å². The second-order valence-electron chi connectivity index (χ2n) is 2.99. The molecule has 1 aromatic heterocycles. The second kappa shape index (κ2) is 4.41. The fourth-order valence-corrected chi connectivity index (χ4v) is 1.80. The summed E-state index contributed by atoms with van der Waals surface area (Å²) in [5.41, 5.74) is 0.899. The summed E-state index contributed by atoms with van der Waals surface area (Å²) in [6.07, 6.45) is 0. The third-order valence-corrected chi connectivity index (χ3v) is 2.93. The molecule has 0 unspecified atom stereocenters. The molecule has 0 bridgehead atoms. The van der Waals surface area contributed by atoms with Crippen molar-refractivity contribution in [2.24, 2.45) is 7.05 Å². The van der Waals surface area contributed by atoms with Crippen LogP contribution in [-0.2, 0) is 13.7 Å². The molecule has 0 saturated heterocycles. The summed E-state index contributed by atoms with van der Waals surface area (Å²) in [7, 11) is 1.80. The average Bonchev–Trinajstić information content (AvgIpc) is 2.66. The minimum atomic E-state index is 0.0659. The summed E-state index contributed by atoms with van der Waals surface area (Å²) < 4.78 is 1.62. The molecular formula is C9H10N4OS. The van der Waals surface area contributed by atoms with Gasteiger partial charge in [-0.25, -0.2) is 4.68 Å². The van der Waals surface area contributed by atoms with Crippen molar-refractivity contribution in [3.05, 3.63) is 29.8 Å². The van der Waals surface area contributed by atoms with Gasteiger partial charge >= 0.3 is 0 Å². The van der Waals surface area contributed by atoms with E-state index in [0.717, 1.165) is 15.6 Å². The Morgan fingerprint density at radius 2 is 2.07 bits per heavy atom. The third-order valence-electron chi connectivity index (χ3n) is 1.90. The maximum absolute atomic E-state index is 8.89. The molecule has 1 aromatic carbocycles. The van der Waals surface area contributed by atoms with Gasteiger partial charge in [0.15, 0.2) is 0 Å². The molecule has 15 heavy (non-hydrogen) atoms. The van der Waals surface area contributed by atoms with Crippen LogP contribution in [0.1, 0.15) is 5.56 Å². The molecule has 0 radical (unpaired) electrons. The topological polar surface area (TPSA) is 63.8 Å². The number of nitrogens with zero attached hydrogens (tertiary/aromatic N) is 4. The van der Waals surface area contributed by atoms with Crippen LogP contribution in [-0.4, -0.2) is 25.3 Å². The van der Waals surface area contributed by atoms with Gasteiger partial charge in [0, 0.05) is 11.9 Å². The number of hydrogen-bond donors (Lipinski definition) is 1. The molecule has 2 rings (SSSR count). The predicted octanol–water partition coefficient (Wildman–Crippen LogP) is 0.854. The molecular weight excluding hydrogens is 212 g/mol. The Kier molecular flexibility index (Phi) is 2.98. The van der Waals surface area contributed by atoms with E-state index in [4.69, 9.17) is 5.11 Å². The van der Waals surface area contributed by atoms with Gasteiger partial charge < -0.3 is 5.11 Å². The summed E-state index contributed by atoms with van der Waals surface area (Å²) in [6, 6.07) is 7.63. The first kappa shape index (κ1) is 10.1. The van der Waals surface area contributed by atoms with Crippen LogP contribution in [0.25, 0.3) is 0 Å². The van der Waals surface area contributed by atoms with Crippen LogP contribution in [0.4, 0.5) is 0 Å². The minimum absolute atomic E-state index is 0.0659. The normalized spacial score (nSPS) is 10.5. The van der Waals surface area contributed by atoms with Gasteiger partial charge in [-0.05, 0) is 39.9 Å². The Labute approximate surface area is 91.1 Å². The van der Waals surface area contributed by atoms with Crippen molar-refractivity contribution in [1.82, 2.24) is 20.2 Å². The average molecular weight is 222 g/mol. The maximum Gasteiger partial charge on any atom is 0.213 e. The Balaban J connectivity index is 2.14. The smallest absolute Gasteiger partial charge is 0.213 e. The van der Waals surface area contributed by atoms with Crippen molar-refractivity contribution in [2.45, 2.75) is 16.7 Å². The standard InChI is InChI=1S/C9H10N4OS/c1-13-9(10-11-12-13)15-8-4-2-7(6-14)3-5-8/h2-5,14H,6H2,1H3. The Bertz CT molecular complexity index is 440. The summed E-state index contributed by atoms with van der Waals surface area (Å²) in [4.78, 5) is 1.05. The van der Waals surface area contributed by atoms with Crippen molar-refractivity contribution in [3.63, 3.8) is 0 Å². The van der Waals surface area contributed by atoms with Gasteiger partial charge in [-0.3, -0.25) is 0 Å². The zero-order valence-electron chi connectivity index (χ0n) is 8.16. The van der Waals surface area contributed by atoms with Crippen molar-refractivity contribution in [1.29, 1.82) is 0 Å². The second-order valence-corrected chi connectivity index (χ2v) is 4.03. The molecule has 1 N–H and O–H groups in total. The zero-order chi connectivity index (χ0) is 10.7. The first-order chi connectivity index (χ1) is 7.29. The highest BCUT2D eigenvalue weighted by atomic mass is 32.2. The third kappa shape index (κ3) is 2.34. The largest absolute Gasteiger partial charge is 0.392 e. The van der Waals surface area contributed by atoms with Gasteiger partial charge in [-0.15, -0.1) is 5.10 Å². The van der Waals surface area contributed by atoms with Crippen LogP contribution < -0.4 is 0 Å². The fraction of sp³-hybridized carbons (Fsp3) is 0.222. The zero-order valence-corrected chi connectivity index (χ0v) is 8.98. The molecule has 0 aliphatic heterocycles. The van der Waals surface area contributed by atoms with Crippen molar-refractivity contribution >= 4 is 11.8 Å². The molecule has 78 valence electrons. The number of aliphatic hydroxyl groups excluding tert-OH is 1. The highest BCUT2D eigenvalue weighted by Gasteiger charge is 2.04. The van der Waals surface area contributed by atoms with E-state index in [1.807, 2.05) is 24.3 Å². The van der Waals surface area contributed by atoms with Crippen molar-refractivity contribution in [3.8, 4) is 0 Å². The van der Waals surface area contributed by atoms with E-state index in [9.17, 15) is 0 Å². The molecule has 0 atom stereocenters. The van der Waals surface area contributed by atoms with E-state index < -0.39 is 0 Å². The van der Waals surface area contributed by atoms with Crippen LogP contribution in [0.3, 0.4) is 0 Å². The number of aromatic nitrogens is 4. The molecule has 5 nitrogen and oxygen atoms in total. The summed E-state index contributed by atoms with van der Waals surface area (Å²) in [5, 5.41) is 20.8. The van der Waals surface area contributed by atoms with Crippen molar-refractivity contribution in [2.75, 3.05) is 0 Å². The fourth-order valence-electron chi connectivity index (χ4n) is 1.08. The van der Waals surface area contributed by atoms with Gasteiger partial charge in [-0.2, -0.15) is 0 Å². The van der Waals surface area contributed by atoms with Gasteiger partial charge in [0.1, 0.15) is 0 Å². The lowest BCUT2D eigenvalue weighted by Gasteiger charge is -2.00. The van der Waals surface area contributed by atoms with Crippen molar-refractivity contribution < 1.29 is 5.11 Å². The molecule has 0 fully saturated rings. The van der Waals surface area contributed by atoms with Crippen LogP contribution in [0, 0.1) is 0 Å². The number of aliphatic hydroxyl groups is 1. The monoisotopic (exact) mass is 222 g/mol. The number of rotatable bonds is 3. The number of benzene rings is 1. The Morgan fingerprint density at radius 1 is 1.33 bits per heavy atom. The highest BCUT2D eigenvalue weighted by Crippen LogP contribution is 2.24. The van der Waals surface area contributed by atoms with Crippen LogP contribution in [0.2, 0.25) is 0 Å². The SMILES string of the molecule is Cn1nnnc1Sc1ccc(CO)cc1. The lowest BCUT2D eigenvalue weighted by Crippen LogP contribution is -1.92. The Hall–Kier alpha value is -1.40. The predicted molar refractivity (Wildman–Crippen MR) is 55.3 cm³/mol. The number of aryl methyl sites for hydroxylation is 1. The quantitative estimate of drug-likeness (QED) is 0.834. The number of hydrogen-bond acceptors (Lipinski definition) is 5. The molecule has 2 aromatic rings. The van der Waals surface area contributed by atoms with E-state index in [1.54, 1.807) is 11.7 Å². The Morgan fingerprint density at radius 3 is 2.60 bits per heavy atom. The summed E-state index contributed by atoms with van der Waals surface area (Å²) in [5.74, 6) is 0. The first-order valence-electron chi connectivity index (χ1n) is 4.39. The lowest BCUT2D eigenvalue weighted by atomic mass is 10.2. The summed E-state index contributed by atoms with van der Waals surface area (Å²) >= 11 is 1.49. The van der Waals surface area contributed by atoms with E-state index in [-0.39, 0.29) is 6.61 Å². The minimum Gasteiger partial charge on any atom is -0.392 e. The molecule has 0 aliphatic rings. The van der Waals surface area contributed by atoms with E-state index in [2.05, 4.69) is 15.5 Å². The van der Waals surface area contributed by atoms with Gasteiger partial charge in [-0.1, -0.05) is 12.1 Å².